The van der Waals surface area contributed by atoms with Gasteiger partial charge in [0.05, 0.1) is 37.0 Å². The van der Waals surface area contributed by atoms with E-state index in [2.05, 4.69) is 25.9 Å². The number of aryl methyl sites for hydroxylation is 1. The number of alkyl carbamates (subject to hydrolysis) is 1. The highest BCUT2D eigenvalue weighted by atomic mass is 35.5. The Labute approximate surface area is 311 Å². The van der Waals surface area contributed by atoms with Crippen LogP contribution in [0.4, 0.5) is 10.5 Å². The van der Waals surface area contributed by atoms with Gasteiger partial charge >= 0.3 is 6.09 Å². The van der Waals surface area contributed by atoms with Crippen LogP contribution in [-0.4, -0.2) is 103 Å². The second-order valence-electron chi connectivity index (χ2n) is 15.2. The Morgan fingerprint density at radius 2 is 1.96 bits per heavy atom. The number of fused-ring (bicyclic) bond motifs is 4. The van der Waals surface area contributed by atoms with Gasteiger partial charge in [0.1, 0.15) is 17.5 Å². The van der Waals surface area contributed by atoms with Crippen molar-refractivity contribution in [2.75, 3.05) is 70.6 Å². The quantitative estimate of drug-likeness (QED) is 0.432. The number of carbonyl (C=O) groups excluding carboxylic acids is 2. The molecule has 0 radical (unpaired) electrons. The summed E-state index contributed by atoms with van der Waals surface area (Å²) in [4.78, 5) is 30.9. The van der Waals surface area contributed by atoms with E-state index < -0.39 is 33.7 Å². The predicted molar refractivity (Wildman–Crippen MR) is 196 cm³/mol. The molecule has 2 amide bonds. The topological polar surface area (TPSA) is 136 Å². The summed E-state index contributed by atoms with van der Waals surface area (Å²) in [6.07, 6.45) is 7.14. The fraction of sp³-hybridized carbons (Fsp3) is 0.579. The molecule has 2 aromatic carbocycles. The highest BCUT2D eigenvalue weighted by molar-refractivity contribution is 7.90. The molecule has 5 aliphatic rings. The molecule has 1 spiro atoms. The van der Waals surface area contributed by atoms with E-state index in [0.717, 1.165) is 45.2 Å². The molecular weight excluding hydrogens is 708 g/mol. The van der Waals surface area contributed by atoms with Crippen LogP contribution >= 0.6 is 11.6 Å². The summed E-state index contributed by atoms with van der Waals surface area (Å²) in [5.74, 6) is -0.0640. The molecule has 2 fully saturated rings. The van der Waals surface area contributed by atoms with Crippen LogP contribution in [-0.2, 0) is 40.9 Å². The number of sulfonamides is 1. The lowest BCUT2D eigenvalue weighted by atomic mass is 9.68. The third-order valence-corrected chi connectivity index (χ3v) is 12.9. The first-order chi connectivity index (χ1) is 24.9. The molecule has 1 saturated heterocycles. The number of nitrogens with one attached hydrogen (secondary N) is 2. The van der Waals surface area contributed by atoms with Crippen molar-refractivity contribution in [2.24, 2.45) is 11.8 Å². The zero-order chi connectivity index (χ0) is 36.5. The van der Waals surface area contributed by atoms with Gasteiger partial charge in [-0.1, -0.05) is 23.7 Å². The Kier molecular flexibility index (Phi) is 10.8. The average Bonchev–Trinajstić information content (AvgIpc) is 3.25. The molecule has 52 heavy (non-hydrogen) atoms. The third kappa shape index (κ3) is 7.94. The predicted octanol–water partition coefficient (Wildman–Crippen LogP) is 4.44. The number of hydrogen-bond donors (Lipinski definition) is 2. The van der Waals surface area contributed by atoms with Crippen LogP contribution in [0.15, 0.2) is 53.4 Å². The molecule has 2 bridgehead atoms. The Morgan fingerprint density at radius 1 is 1.13 bits per heavy atom. The Balaban J connectivity index is 1.20. The lowest BCUT2D eigenvalue weighted by Crippen LogP contribution is -2.50. The summed E-state index contributed by atoms with van der Waals surface area (Å²) >= 11 is 6.44. The van der Waals surface area contributed by atoms with E-state index in [9.17, 15) is 18.0 Å². The van der Waals surface area contributed by atoms with Gasteiger partial charge in [-0.3, -0.25) is 9.69 Å². The molecule has 2 aromatic rings. The molecule has 282 valence electrons. The molecule has 7 rings (SSSR count). The average molecular weight is 757 g/mol. The van der Waals surface area contributed by atoms with Crippen LogP contribution in [0.1, 0.15) is 50.7 Å². The van der Waals surface area contributed by atoms with Crippen LogP contribution in [0.3, 0.4) is 0 Å². The van der Waals surface area contributed by atoms with Crippen molar-refractivity contribution in [1.29, 1.82) is 0 Å². The molecule has 2 N–H and O–H groups in total. The first-order valence-electron chi connectivity index (χ1n) is 18.4. The van der Waals surface area contributed by atoms with Crippen molar-refractivity contribution in [1.82, 2.24) is 14.9 Å². The molecule has 3 aliphatic heterocycles. The Hall–Kier alpha value is -3.36. The van der Waals surface area contributed by atoms with Gasteiger partial charge in [0, 0.05) is 55.6 Å². The van der Waals surface area contributed by atoms with Crippen LogP contribution in [0.2, 0.25) is 5.02 Å². The van der Waals surface area contributed by atoms with Crippen molar-refractivity contribution in [3.8, 4) is 5.75 Å². The number of amides is 2. The van der Waals surface area contributed by atoms with E-state index in [1.54, 1.807) is 18.2 Å². The maximum Gasteiger partial charge on any atom is 0.407 e. The second kappa shape index (κ2) is 15.2. The van der Waals surface area contributed by atoms with E-state index in [0.29, 0.717) is 62.5 Å². The van der Waals surface area contributed by atoms with E-state index in [1.807, 2.05) is 18.2 Å². The molecule has 0 unspecified atom stereocenters. The number of morpholine rings is 1. The Morgan fingerprint density at radius 3 is 2.75 bits per heavy atom. The van der Waals surface area contributed by atoms with Crippen molar-refractivity contribution < 1.29 is 37.0 Å². The summed E-state index contributed by atoms with van der Waals surface area (Å²) in [5.41, 5.74) is 1.23. The number of nitrogens with zero attached hydrogens (tertiary/aromatic N) is 2. The lowest BCUT2D eigenvalue weighted by molar-refractivity contribution is -0.139. The summed E-state index contributed by atoms with van der Waals surface area (Å²) < 4.78 is 53.5. The van der Waals surface area contributed by atoms with E-state index >= 15 is 0 Å². The number of carbonyl (C=O) groups is 2. The maximum absolute atomic E-state index is 13.7. The van der Waals surface area contributed by atoms with E-state index in [1.165, 1.54) is 31.0 Å². The molecule has 4 atom stereocenters. The highest BCUT2D eigenvalue weighted by Crippen LogP contribution is 2.47. The summed E-state index contributed by atoms with van der Waals surface area (Å²) in [5, 5.41) is 3.63. The SMILES string of the molecule is CC1(C)OC/C=C\[C@H](OC(=O)NCCN2CCOCC2)[C@@H]2CC[C@H]2CN2C[C@@]3(CCCc4cc(Cl)ccc43)COc3ccc(cc32)S(=O)(=O)NC1=O. The molecule has 3 heterocycles. The number of ether oxygens (including phenoxy) is 4. The summed E-state index contributed by atoms with van der Waals surface area (Å²) in [7, 11) is -4.25. The largest absolute Gasteiger partial charge is 0.490 e. The van der Waals surface area contributed by atoms with Gasteiger partial charge in [-0.15, -0.1) is 0 Å². The van der Waals surface area contributed by atoms with Crippen LogP contribution in [0, 0.1) is 11.8 Å². The molecule has 0 aromatic heterocycles. The van der Waals surface area contributed by atoms with Crippen molar-refractivity contribution >= 4 is 39.3 Å². The van der Waals surface area contributed by atoms with Gasteiger partial charge < -0.3 is 29.2 Å². The van der Waals surface area contributed by atoms with Crippen LogP contribution < -0.4 is 19.7 Å². The maximum atomic E-state index is 13.7. The minimum atomic E-state index is -4.25. The Bertz CT molecular complexity index is 1800. The first kappa shape index (κ1) is 37.0. The van der Waals surface area contributed by atoms with Crippen LogP contribution in [0.5, 0.6) is 5.75 Å². The molecular formula is C38H49ClN4O8S. The number of halogens is 1. The highest BCUT2D eigenvalue weighted by Gasteiger charge is 2.45. The van der Waals surface area contributed by atoms with E-state index in [-0.39, 0.29) is 28.8 Å². The fourth-order valence-corrected chi connectivity index (χ4v) is 9.51. The van der Waals surface area contributed by atoms with E-state index in [4.69, 9.17) is 30.5 Å². The standard InChI is InChI=1S/C38H49ClN4O8S/c1-37(2)35(44)41-52(46,47)29-9-12-34-32(22-29)43(24-38(25-49-34)13-3-5-26-21-28(39)8-11-31(26)38)23-27-7-10-30(27)33(6-4-18-50-37)51-36(45)40-14-15-42-16-19-48-20-17-42/h4,6,8-9,11-12,21-22,27,30,33H,3,5,7,10,13-20,23-25H2,1-2H3,(H,40,45)(H,41,44)/b6-4-/t27-,30+,33-,38-/m0/s1. The minimum absolute atomic E-state index is 0.0124. The molecule has 12 nitrogen and oxygen atoms in total. The number of benzene rings is 2. The van der Waals surface area contributed by atoms with Gasteiger partial charge in [0.15, 0.2) is 0 Å². The third-order valence-electron chi connectivity index (χ3n) is 11.4. The van der Waals surface area contributed by atoms with Gasteiger partial charge in [0.25, 0.3) is 15.9 Å². The monoisotopic (exact) mass is 756 g/mol. The smallest absolute Gasteiger partial charge is 0.407 e. The molecule has 1 saturated carbocycles. The number of anilines is 1. The molecule has 14 heteroatoms. The minimum Gasteiger partial charge on any atom is -0.490 e. The number of hydrogen-bond acceptors (Lipinski definition) is 10. The van der Waals surface area contributed by atoms with Crippen LogP contribution in [0.25, 0.3) is 0 Å². The van der Waals surface area contributed by atoms with Crippen molar-refractivity contribution in [3.05, 3.63) is 64.7 Å². The van der Waals surface area contributed by atoms with Crippen molar-refractivity contribution in [3.63, 3.8) is 0 Å². The summed E-state index contributed by atoms with van der Waals surface area (Å²) in [6.45, 7) is 8.88. The first-order valence-corrected chi connectivity index (χ1v) is 20.2. The number of rotatable bonds is 4. The lowest BCUT2D eigenvalue weighted by Gasteiger charge is -2.46. The fourth-order valence-electron chi connectivity index (χ4n) is 8.19. The summed E-state index contributed by atoms with van der Waals surface area (Å²) in [6, 6.07) is 10.9. The molecule has 2 aliphatic carbocycles. The zero-order valence-electron chi connectivity index (χ0n) is 29.9. The van der Waals surface area contributed by atoms with Gasteiger partial charge in [-0.25, -0.2) is 17.9 Å². The van der Waals surface area contributed by atoms with Gasteiger partial charge in [-0.2, -0.15) is 0 Å². The van der Waals surface area contributed by atoms with Gasteiger partial charge in [-0.05, 0) is 99.4 Å². The van der Waals surface area contributed by atoms with Crippen molar-refractivity contribution in [2.45, 2.75) is 68.0 Å². The second-order valence-corrected chi connectivity index (χ2v) is 17.3. The zero-order valence-corrected chi connectivity index (χ0v) is 31.5. The normalized spacial score (nSPS) is 29.2. The van der Waals surface area contributed by atoms with Gasteiger partial charge in [0.2, 0.25) is 0 Å².